The fourth-order valence-electron chi connectivity index (χ4n) is 0.773. The molecule has 0 saturated heterocycles. The first-order chi connectivity index (χ1) is 6.52. The highest BCUT2D eigenvalue weighted by molar-refractivity contribution is 9.10. The van der Waals surface area contributed by atoms with Gasteiger partial charge < -0.3 is 14.9 Å². The largest absolute Gasteiger partial charge is 0.504 e. The lowest BCUT2D eigenvalue weighted by Gasteiger charge is -2.06. The van der Waals surface area contributed by atoms with Gasteiger partial charge in [-0.25, -0.2) is 4.79 Å². The molecule has 1 aromatic carbocycles. The molecule has 0 heterocycles. The number of halogens is 2. The Morgan fingerprint density at radius 3 is 2.79 bits per heavy atom. The molecular weight excluding hydrogens is 259 g/mol. The topological polar surface area (TPSA) is 66.8 Å². The van der Waals surface area contributed by atoms with Crippen LogP contribution in [-0.4, -0.2) is 22.8 Å². The number of aromatic hydroxyl groups is 1. The smallest absolute Gasteiger partial charge is 0.341 e. The number of ether oxygens (including phenoxy) is 1. The van der Waals surface area contributed by atoms with Gasteiger partial charge in [-0.15, -0.1) is 0 Å². The molecule has 0 fully saturated rings. The van der Waals surface area contributed by atoms with Gasteiger partial charge in [0, 0.05) is 0 Å². The van der Waals surface area contributed by atoms with Gasteiger partial charge >= 0.3 is 5.97 Å². The maximum Gasteiger partial charge on any atom is 0.341 e. The quantitative estimate of drug-likeness (QED) is 0.873. The van der Waals surface area contributed by atoms with E-state index in [4.69, 9.17) is 10.2 Å². The fourth-order valence-corrected chi connectivity index (χ4v) is 1.08. The second-order valence-electron chi connectivity index (χ2n) is 2.39. The molecule has 0 aliphatic rings. The minimum atomic E-state index is -1.22. The fraction of sp³-hybridized carbons (Fsp3) is 0.125. The highest BCUT2D eigenvalue weighted by Crippen LogP contribution is 2.32. The van der Waals surface area contributed by atoms with Gasteiger partial charge in [0.25, 0.3) is 0 Å². The van der Waals surface area contributed by atoms with E-state index in [0.717, 1.165) is 0 Å². The van der Waals surface area contributed by atoms with Crippen molar-refractivity contribution in [2.45, 2.75) is 0 Å². The summed E-state index contributed by atoms with van der Waals surface area (Å²) < 4.78 is 17.9. The van der Waals surface area contributed by atoms with E-state index in [1.807, 2.05) is 0 Å². The van der Waals surface area contributed by atoms with Crippen molar-refractivity contribution in [3.8, 4) is 11.5 Å². The number of phenolic OH excluding ortho intramolecular Hbond substituents is 1. The Hall–Kier alpha value is -1.30. The van der Waals surface area contributed by atoms with Crippen LogP contribution in [0.4, 0.5) is 4.39 Å². The van der Waals surface area contributed by atoms with Gasteiger partial charge in [-0.05, 0) is 28.1 Å². The average molecular weight is 265 g/mol. The first kappa shape index (κ1) is 10.8. The molecule has 76 valence electrons. The van der Waals surface area contributed by atoms with E-state index < -0.39 is 24.1 Å². The summed E-state index contributed by atoms with van der Waals surface area (Å²) in [6, 6.07) is 2.58. The van der Waals surface area contributed by atoms with E-state index in [2.05, 4.69) is 20.7 Å². The molecule has 0 spiro atoms. The predicted octanol–water partition coefficient (Wildman–Crippen LogP) is 1.76. The van der Waals surface area contributed by atoms with Crippen LogP contribution in [0.3, 0.4) is 0 Å². The molecule has 0 saturated carbocycles. The van der Waals surface area contributed by atoms with Crippen LogP contribution < -0.4 is 4.74 Å². The molecule has 0 aromatic heterocycles. The maximum atomic E-state index is 13.1. The van der Waals surface area contributed by atoms with E-state index in [1.54, 1.807) is 0 Å². The van der Waals surface area contributed by atoms with Gasteiger partial charge in [-0.1, -0.05) is 0 Å². The summed E-state index contributed by atoms with van der Waals surface area (Å²) in [6.07, 6.45) is 0. The summed E-state index contributed by atoms with van der Waals surface area (Å²) in [5, 5.41) is 17.4. The third-order valence-electron chi connectivity index (χ3n) is 1.38. The Morgan fingerprint density at radius 2 is 2.21 bits per heavy atom. The summed E-state index contributed by atoms with van der Waals surface area (Å²) in [5.41, 5.74) is 0. The number of carbonyl (C=O) groups is 1. The highest BCUT2D eigenvalue weighted by Gasteiger charge is 2.12. The van der Waals surface area contributed by atoms with Crippen LogP contribution in [0.5, 0.6) is 11.5 Å². The molecular formula is C8H6BrFO4. The minimum absolute atomic E-state index is 0.178. The number of hydrogen-bond acceptors (Lipinski definition) is 3. The van der Waals surface area contributed by atoms with Crippen LogP contribution >= 0.6 is 15.9 Å². The summed E-state index contributed by atoms with van der Waals surface area (Å²) in [6.45, 7) is -0.655. The predicted molar refractivity (Wildman–Crippen MR) is 48.9 cm³/mol. The van der Waals surface area contributed by atoms with E-state index in [-0.39, 0.29) is 10.2 Å². The Morgan fingerprint density at radius 1 is 1.57 bits per heavy atom. The number of benzene rings is 1. The van der Waals surface area contributed by atoms with Gasteiger partial charge in [-0.2, -0.15) is 4.39 Å². The van der Waals surface area contributed by atoms with E-state index in [1.165, 1.54) is 12.1 Å². The molecule has 0 aliphatic heterocycles. The SMILES string of the molecule is O=C(O)COc1ccc(Br)c(O)c1F. The molecule has 2 N–H and O–H groups in total. The minimum Gasteiger partial charge on any atom is -0.504 e. The summed E-state index contributed by atoms with van der Waals surface area (Å²) in [7, 11) is 0. The summed E-state index contributed by atoms with van der Waals surface area (Å²) >= 11 is 2.90. The number of aliphatic carboxylic acids is 1. The molecule has 0 atom stereocenters. The van der Waals surface area contributed by atoms with Crippen molar-refractivity contribution < 1.29 is 24.1 Å². The zero-order valence-corrected chi connectivity index (χ0v) is 8.41. The zero-order chi connectivity index (χ0) is 10.7. The van der Waals surface area contributed by atoms with Crippen molar-refractivity contribution in [3.63, 3.8) is 0 Å². The Balaban J connectivity index is 2.88. The van der Waals surface area contributed by atoms with Crippen LogP contribution in [-0.2, 0) is 4.79 Å². The number of phenols is 1. The Kier molecular flexibility index (Phi) is 3.29. The monoisotopic (exact) mass is 264 g/mol. The third kappa shape index (κ3) is 2.35. The van der Waals surface area contributed by atoms with Crippen molar-refractivity contribution in [1.82, 2.24) is 0 Å². The molecule has 0 unspecified atom stereocenters. The van der Waals surface area contributed by atoms with Gasteiger partial charge in [0.1, 0.15) is 0 Å². The summed E-state index contributed by atoms with van der Waals surface area (Å²) in [4.78, 5) is 10.1. The molecule has 0 aliphatic carbocycles. The van der Waals surface area contributed by atoms with Gasteiger partial charge in [-0.3, -0.25) is 0 Å². The molecule has 0 amide bonds. The number of rotatable bonds is 3. The third-order valence-corrected chi connectivity index (χ3v) is 2.02. The molecule has 6 heteroatoms. The lowest BCUT2D eigenvalue weighted by Crippen LogP contribution is -2.10. The van der Waals surface area contributed by atoms with E-state index in [0.29, 0.717) is 0 Å². The normalized spacial score (nSPS) is 9.86. The van der Waals surface area contributed by atoms with Crippen LogP contribution in [0.15, 0.2) is 16.6 Å². The van der Waals surface area contributed by atoms with Crippen LogP contribution in [0.1, 0.15) is 0 Å². The molecule has 1 rings (SSSR count). The molecule has 4 nitrogen and oxygen atoms in total. The second-order valence-corrected chi connectivity index (χ2v) is 3.24. The van der Waals surface area contributed by atoms with E-state index in [9.17, 15) is 9.18 Å². The first-order valence-electron chi connectivity index (χ1n) is 3.54. The highest BCUT2D eigenvalue weighted by atomic mass is 79.9. The van der Waals surface area contributed by atoms with Crippen LogP contribution in [0, 0.1) is 5.82 Å². The number of carboxylic acid groups (broad SMARTS) is 1. The number of hydrogen-bond donors (Lipinski definition) is 2. The van der Waals surface area contributed by atoms with Gasteiger partial charge in [0.15, 0.2) is 18.1 Å². The van der Waals surface area contributed by atoms with Crippen LogP contribution in [0.2, 0.25) is 0 Å². The average Bonchev–Trinajstić information content (AvgIpc) is 2.13. The van der Waals surface area contributed by atoms with Crippen molar-refractivity contribution >= 4 is 21.9 Å². The van der Waals surface area contributed by atoms with Crippen molar-refractivity contribution in [2.75, 3.05) is 6.61 Å². The number of carboxylic acids is 1. The zero-order valence-electron chi connectivity index (χ0n) is 6.83. The molecule has 0 radical (unpaired) electrons. The van der Waals surface area contributed by atoms with Gasteiger partial charge in [0.05, 0.1) is 4.47 Å². The van der Waals surface area contributed by atoms with Crippen LogP contribution in [0.25, 0.3) is 0 Å². The lowest BCUT2D eigenvalue weighted by atomic mass is 10.3. The molecule has 0 bridgehead atoms. The van der Waals surface area contributed by atoms with E-state index >= 15 is 0 Å². The van der Waals surface area contributed by atoms with Gasteiger partial charge in [0.2, 0.25) is 5.82 Å². The van der Waals surface area contributed by atoms with Crippen molar-refractivity contribution in [1.29, 1.82) is 0 Å². The Labute approximate surface area is 87.1 Å². The first-order valence-corrected chi connectivity index (χ1v) is 4.33. The standard InChI is InChI=1S/C8H6BrFO4/c9-4-1-2-5(7(10)8(4)13)14-3-6(11)12/h1-2,13H,3H2,(H,11,12). The van der Waals surface area contributed by atoms with Crippen molar-refractivity contribution in [2.24, 2.45) is 0 Å². The molecule has 14 heavy (non-hydrogen) atoms. The maximum absolute atomic E-state index is 13.1. The molecule has 1 aromatic rings. The summed E-state index contributed by atoms with van der Waals surface area (Å²) in [5.74, 6) is -3.10. The lowest BCUT2D eigenvalue weighted by molar-refractivity contribution is -0.139. The van der Waals surface area contributed by atoms with Crippen molar-refractivity contribution in [3.05, 3.63) is 22.4 Å². The second kappa shape index (κ2) is 4.28. The Bertz CT molecular complexity index is 367.